The molecule has 4 heteroatoms. The number of amides is 1. The number of nitrogens with one attached hydrogen (secondary N) is 1. The molecule has 0 heterocycles. The van der Waals surface area contributed by atoms with Gasteiger partial charge in [-0.1, -0.05) is 24.3 Å². The fraction of sp³-hybridized carbons (Fsp3) is 0.500. The topological polar surface area (TPSA) is 58.6 Å². The molecule has 0 saturated heterocycles. The van der Waals surface area contributed by atoms with Crippen molar-refractivity contribution in [3.63, 3.8) is 0 Å². The van der Waals surface area contributed by atoms with Gasteiger partial charge in [-0.3, -0.25) is 0 Å². The molecule has 4 nitrogen and oxygen atoms in total. The zero-order chi connectivity index (χ0) is 13.8. The molecule has 0 saturated carbocycles. The van der Waals surface area contributed by atoms with E-state index in [-0.39, 0.29) is 12.6 Å². The monoisotopic (exact) mass is 251 g/mol. The molecule has 0 aliphatic rings. The summed E-state index contributed by atoms with van der Waals surface area (Å²) in [6.07, 6.45) is -0.440. The predicted molar refractivity (Wildman–Crippen MR) is 70.1 cm³/mol. The Bertz CT molecular complexity index is 410. The summed E-state index contributed by atoms with van der Waals surface area (Å²) in [7, 11) is 0. The second kappa shape index (κ2) is 5.87. The number of hydrogen-bond donors (Lipinski definition) is 2. The van der Waals surface area contributed by atoms with E-state index in [1.165, 1.54) is 0 Å². The molecule has 1 aromatic carbocycles. The summed E-state index contributed by atoms with van der Waals surface area (Å²) in [4.78, 5) is 11.6. The standard InChI is InChI=1S/C14H21NO3/c1-10(15-13(17)18-14(2,3)4)12-7-5-6-11(8-12)9-16/h5-8,10,16H,9H2,1-4H3,(H,15,17)/t10-/m0/s1. The minimum absolute atomic E-state index is 0.00695. The van der Waals surface area contributed by atoms with Crippen molar-refractivity contribution < 1.29 is 14.6 Å². The first-order valence-corrected chi connectivity index (χ1v) is 6.01. The lowest BCUT2D eigenvalue weighted by Gasteiger charge is -2.22. The largest absolute Gasteiger partial charge is 0.444 e. The van der Waals surface area contributed by atoms with Gasteiger partial charge in [-0.2, -0.15) is 0 Å². The van der Waals surface area contributed by atoms with Crippen LogP contribution in [-0.2, 0) is 11.3 Å². The van der Waals surface area contributed by atoms with Crippen LogP contribution in [0.1, 0.15) is 44.9 Å². The van der Waals surface area contributed by atoms with E-state index in [9.17, 15) is 4.79 Å². The molecule has 1 aromatic rings. The highest BCUT2D eigenvalue weighted by atomic mass is 16.6. The molecule has 0 fully saturated rings. The number of alkyl carbamates (subject to hydrolysis) is 1. The molecule has 0 aliphatic heterocycles. The number of ether oxygens (including phenoxy) is 1. The SMILES string of the molecule is C[C@H](NC(=O)OC(C)(C)C)c1cccc(CO)c1. The van der Waals surface area contributed by atoms with E-state index in [2.05, 4.69) is 5.32 Å². The summed E-state index contributed by atoms with van der Waals surface area (Å²) >= 11 is 0. The van der Waals surface area contributed by atoms with Crippen LogP contribution in [-0.4, -0.2) is 16.8 Å². The van der Waals surface area contributed by atoms with Gasteiger partial charge in [-0.25, -0.2) is 4.79 Å². The van der Waals surface area contributed by atoms with Crippen molar-refractivity contribution in [2.24, 2.45) is 0 Å². The maximum atomic E-state index is 11.6. The quantitative estimate of drug-likeness (QED) is 0.868. The number of hydrogen-bond acceptors (Lipinski definition) is 3. The highest BCUT2D eigenvalue weighted by Gasteiger charge is 2.18. The first-order valence-electron chi connectivity index (χ1n) is 6.01. The number of carbonyl (C=O) groups is 1. The smallest absolute Gasteiger partial charge is 0.408 e. The van der Waals surface area contributed by atoms with Crippen molar-refractivity contribution in [1.29, 1.82) is 0 Å². The van der Waals surface area contributed by atoms with Crippen LogP contribution in [0.25, 0.3) is 0 Å². The molecule has 18 heavy (non-hydrogen) atoms. The van der Waals surface area contributed by atoms with E-state index in [0.29, 0.717) is 0 Å². The Kier molecular flexibility index (Phi) is 4.73. The van der Waals surface area contributed by atoms with Crippen molar-refractivity contribution in [2.45, 2.75) is 45.9 Å². The number of benzene rings is 1. The molecule has 0 aliphatic carbocycles. The second-order valence-electron chi connectivity index (χ2n) is 5.27. The van der Waals surface area contributed by atoms with Gasteiger partial charge < -0.3 is 15.2 Å². The molecule has 0 bridgehead atoms. The van der Waals surface area contributed by atoms with E-state index < -0.39 is 11.7 Å². The van der Waals surface area contributed by atoms with Crippen LogP contribution in [0.15, 0.2) is 24.3 Å². The Labute approximate surface area is 108 Å². The Balaban J connectivity index is 2.64. The van der Waals surface area contributed by atoms with Crippen LogP contribution in [0.5, 0.6) is 0 Å². The van der Waals surface area contributed by atoms with Gasteiger partial charge in [0.15, 0.2) is 0 Å². The lowest BCUT2D eigenvalue weighted by atomic mass is 10.1. The summed E-state index contributed by atoms with van der Waals surface area (Å²) in [6.45, 7) is 7.34. The molecule has 1 amide bonds. The summed E-state index contributed by atoms with van der Waals surface area (Å²) in [5.74, 6) is 0. The van der Waals surface area contributed by atoms with Gasteiger partial charge in [-0.05, 0) is 38.8 Å². The van der Waals surface area contributed by atoms with E-state index >= 15 is 0 Å². The van der Waals surface area contributed by atoms with Crippen LogP contribution in [0.3, 0.4) is 0 Å². The molecular formula is C14H21NO3. The normalized spacial score (nSPS) is 12.9. The second-order valence-corrected chi connectivity index (χ2v) is 5.27. The van der Waals surface area contributed by atoms with Crippen molar-refractivity contribution in [1.82, 2.24) is 5.32 Å². The van der Waals surface area contributed by atoms with E-state index in [4.69, 9.17) is 9.84 Å². The number of rotatable bonds is 3. The summed E-state index contributed by atoms with van der Waals surface area (Å²) < 4.78 is 5.19. The third-order valence-corrected chi connectivity index (χ3v) is 2.37. The average Bonchev–Trinajstić information content (AvgIpc) is 2.26. The number of carbonyl (C=O) groups excluding carboxylic acids is 1. The lowest BCUT2D eigenvalue weighted by Crippen LogP contribution is -2.34. The maximum Gasteiger partial charge on any atom is 0.408 e. The fourth-order valence-corrected chi connectivity index (χ4v) is 1.53. The van der Waals surface area contributed by atoms with Gasteiger partial charge in [0.2, 0.25) is 0 Å². The van der Waals surface area contributed by atoms with Crippen LogP contribution in [0.4, 0.5) is 4.79 Å². The van der Waals surface area contributed by atoms with E-state index in [1.807, 2.05) is 52.0 Å². The average molecular weight is 251 g/mol. The third-order valence-electron chi connectivity index (χ3n) is 2.37. The zero-order valence-electron chi connectivity index (χ0n) is 11.4. The lowest BCUT2D eigenvalue weighted by molar-refractivity contribution is 0.0508. The van der Waals surface area contributed by atoms with Gasteiger partial charge in [0, 0.05) is 0 Å². The minimum Gasteiger partial charge on any atom is -0.444 e. The summed E-state index contributed by atoms with van der Waals surface area (Å²) in [6, 6.07) is 7.30. The van der Waals surface area contributed by atoms with Crippen molar-refractivity contribution in [3.8, 4) is 0 Å². The highest BCUT2D eigenvalue weighted by molar-refractivity contribution is 5.68. The number of aliphatic hydroxyl groups excluding tert-OH is 1. The summed E-state index contributed by atoms with van der Waals surface area (Å²) in [5, 5.41) is 11.8. The molecule has 0 spiro atoms. The molecule has 0 unspecified atom stereocenters. The predicted octanol–water partition coefficient (Wildman–Crippen LogP) is 2.76. The molecule has 1 rings (SSSR count). The molecule has 1 atom stereocenters. The zero-order valence-corrected chi connectivity index (χ0v) is 11.4. The molecule has 0 aromatic heterocycles. The van der Waals surface area contributed by atoms with E-state index in [0.717, 1.165) is 11.1 Å². The Morgan fingerprint density at radius 1 is 1.44 bits per heavy atom. The highest BCUT2D eigenvalue weighted by Crippen LogP contribution is 2.15. The van der Waals surface area contributed by atoms with Gasteiger partial charge >= 0.3 is 6.09 Å². The summed E-state index contributed by atoms with van der Waals surface area (Å²) in [5.41, 5.74) is 1.26. The van der Waals surface area contributed by atoms with Crippen molar-refractivity contribution in [3.05, 3.63) is 35.4 Å². The van der Waals surface area contributed by atoms with Gasteiger partial charge in [0.1, 0.15) is 5.60 Å². The van der Waals surface area contributed by atoms with Gasteiger partial charge in [-0.15, -0.1) is 0 Å². The molecule has 100 valence electrons. The first-order chi connectivity index (χ1) is 8.31. The Morgan fingerprint density at radius 3 is 2.67 bits per heavy atom. The van der Waals surface area contributed by atoms with Crippen LogP contribution in [0, 0.1) is 0 Å². The minimum atomic E-state index is -0.503. The van der Waals surface area contributed by atoms with Crippen molar-refractivity contribution in [2.75, 3.05) is 0 Å². The van der Waals surface area contributed by atoms with Gasteiger partial charge in [0.05, 0.1) is 12.6 Å². The van der Waals surface area contributed by atoms with E-state index in [1.54, 1.807) is 0 Å². The molecular weight excluding hydrogens is 230 g/mol. The van der Waals surface area contributed by atoms with Crippen LogP contribution >= 0.6 is 0 Å². The maximum absolute atomic E-state index is 11.6. The van der Waals surface area contributed by atoms with Crippen molar-refractivity contribution >= 4 is 6.09 Å². The van der Waals surface area contributed by atoms with Gasteiger partial charge in [0.25, 0.3) is 0 Å². The first kappa shape index (κ1) is 14.5. The number of aliphatic hydroxyl groups is 1. The molecule has 0 radical (unpaired) electrons. The molecule has 2 N–H and O–H groups in total. The van der Waals surface area contributed by atoms with Crippen LogP contribution < -0.4 is 5.32 Å². The van der Waals surface area contributed by atoms with Crippen LogP contribution in [0.2, 0.25) is 0 Å². The Hall–Kier alpha value is -1.55. The Morgan fingerprint density at radius 2 is 2.11 bits per heavy atom. The fourth-order valence-electron chi connectivity index (χ4n) is 1.53. The third kappa shape index (κ3) is 4.75.